The Bertz CT molecular complexity index is 507. The van der Waals surface area contributed by atoms with Gasteiger partial charge in [-0.05, 0) is 38.4 Å². The lowest BCUT2D eigenvalue weighted by Crippen LogP contribution is -2.42. The molecule has 0 aromatic heterocycles. The number of benzene rings is 1. The second kappa shape index (κ2) is 16.3. The highest BCUT2D eigenvalue weighted by Crippen LogP contribution is 2.09. The van der Waals surface area contributed by atoms with Crippen molar-refractivity contribution in [2.24, 2.45) is 4.99 Å². The molecule has 0 saturated heterocycles. The van der Waals surface area contributed by atoms with Crippen molar-refractivity contribution in [3.8, 4) is 0 Å². The van der Waals surface area contributed by atoms with Crippen LogP contribution in [0.15, 0.2) is 35.3 Å². The number of likely N-dealkylation sites (N-methyl/N-ethyl adjacent to an activating group) is 1. The van der Waals surface area contributed by atoms with Crippen LogP contribution in [-0.4, -0.2) is 76.6 Å². The van der Waals surface area contributed by atoms with Crippen molar-refractivity contribution in [2.75, 3.05) is 59.7 Å². The van der Waals surface area contributed by atoms with Gasteiger partial charge < -0.3 is 20.1 Å². The lowest BCUT2D eigenvalue weighted by atomic mass is 10.0. The molecule has 6 heteroatoms. The van der Waals surface area contributed by atoms with Crippen LogP contribution in [0.3, 0.4) is 0 Å². The normalized spacial score (nSPS) is 13.0. The monoisotopic (exact) mass is 392 g/mol. The summed E-state index contributed by atoms with van der Waals surface area (Å²) in [5, 5.41) is 6.76. The van der Waals surface area contributed by atoms with Gasteiger partial charge in [0.1, 0.15) is 0 Å². The first-order valence-electron chi connectivity index (χ1n) is 10.6. The number of guanidine groups is 1. The van der Waals surface area contributed by atoms with Crippen LogP contribution in [0.25, 0.3) is 0 Å². The summed E-state index contributed by atoms with van der Waals surface area (Å²) < 4.78 is 10.5. The maximum Gasteiger partial charge on any atom is 0.191 e. The minimum atomic E-state index is 0.394. The van der Waals surface area contributed by atoms with Crippen LogP contribution < -0.4 is 10.6 Å². The molecule has 1 unspecified atom stereocenters. The molecule has 0 aliphatic rings. The first-order chi connectivity index (χ1) is 13.7. The quantitative estimate of drug-likeness (QED) is 0.273. The van der Waals surface area contributed by atoms with E-state index in [-0.39, 0.29) is 0 Å². The Morgan fingerprint density at radius 1 is 1.04 bits per heavy atom. The van der Waals surface area contributed by atoms with Gasteiger partial charge in [-0.15, -0.1) is 0 Å². The van der Waals surface area contributed by atoms with Crippen LogP contribution in [0.1, 0.15) is 32.8 Å². The average Bonchev–Trinajstić information content (AvgIpc) is 2.72. The van der Waals surface area contributed by atoms with Crippen molar-refractivity contribution < 1.29 is 9.47 Å². The molecule has 2 N–H and O–H groups in total. The molecular formula is C22H40N4O2. The molecule has 0 bridgehead atoms. The highest BCUT2D eigenvalue weighted by atomic mass is 16.5. The summed E-state index contributed by atoms with van der Waals surface area (Å²) in [5.74, 6) is 0.879. The van der Waals surface area contributed by atoms with Gasteiger partial charge in [0.15, 0.2) is 5.96 Å². The maximum absolute atomic E-state index is 5.51. The molecule has 0 heterocycles. The standard InChI is InChI=1S/C22H40N4O2/c1-5-23-22(24-14-11-15-28-17-16-27-4)25-19-21(26(6-2)7-3)18-20-12-9-8-10-13-20/h8-10,12-13,21H,5-7,11,14-19H2,1-4H3,(H2,23,24,25). The molecule has 0 amide bonds. The number of hydrogen-bond acceptors (Lipinski definition) is 4. The molecule has 0 spiro atoms. The summed E-state index contributed by atoms with van der Waals surface area (Å²) in [7, 11) is 1.69. The Hall–Kier alpha value is -1.63. The number of hydrogen-bond donors (Lipinski definition) is 2. The van der Waals surface area contributed by atoms with E-state index in [0.717, 1.165) is 58.1 Å². The number of nitrogens with zero attached hydrogens (tertiary/aromatic N) is 2. The van der Waals surface area contributed by atoms with E-state index >= 15 is 0 Å². The molecule has 0 fully saturated rings. The van der Waals surface area contributed by atoms with Gasteiger partial charge in [-0.25, -0.2) is 0 Å². The predicted octanol–water partition coefficient (Wildman–Crippen LogP) is 2.55. The van der Waals surface area contributed by atoms with Crippen molar-refractivity contribution >= 4 is 5.96 Å². The van der Waals surface area contributed by atoms with Gasteiger partial charge in [-0.2, -0.15) is 0 Å². The molecule has 0 aliphatic heterocycles. The van der Waals surface area contributed by atoms with Gasteiger partial charge in [0.05, 0.1) is 19.8 Å². The molecule has 1 aromatic rings. The largest absolute Gasteiger partial charge is 0.382 e. The van der Waals surface area contributed by atoms with Crippen molar-refractivity contribution in [2.45, 2.75) is 39.7 Å². The van der Waals surface area contributed by atoms with Gasteiger partial charge in [0, 0.05) is 32.8 Å². The van der Waals surface area contributed by atoms with Gasteiger partial charge in [0.2, 0.25) is 0 Å². The fourth-order valence-electron chi connectivity index (χ4n) is 3.10. The maximum atomic E-state index is 5.51. The van der Waals surface area contributed by atoms with Crippen LogP contribution in [-0.2, 0) is 15.9 Å². The van der Waals surface area contributed by atoms with Gasteiger partial charge >= 0.3 is 0 Å². The lowest BCUT2D eigenvalue weighted by molar-refractivity contribution is 0.0698. The number of ether oxygens (including phenoxy) is 2. The fourth-order valence-corrected chi connectivity index (χ4v) is 3.10. The number of rotatable bonds is 15. The Labute approximate surface area is 171 Å². The van der Waals surface area contributed by atoms with Crippen molar-refractivity contribution in [3.05, 3.63) is 35.9 Å². The van der Waals surface area contributed by atoms with Crippen LogP contribution >= 0.6 is 0 Å². The van der Waals surface area contributed by atoms with Gasteiger partial charge in [0.25, 0.3) is 0 Å². The number of methoxy groups -OCH3 is 1. The van der Waals surface area contributed by atoms with Crippen LogP contribution in [0.5, 0.6) is 0 Å². The van der Waals surface area contributed by atoms with E-state index in [4.69, 9.17) is 14.5 Å². The van der Waals surface area contributed by atoms with E-state index in [1.54, 1.807) is 7.11 Å². The van der Waals surface area contributed by atoms with E-state index in [0.29, 0.717) is 19.3 Å². The lowest BCUT2D eigenvalue weighted by Gasteiger charge is -2.29. The first kappa shape index (κ1) is 24.4. The van der Waals surface area contributed by atoms with Crippen molar-refractivity contribution in [1.82, 2.24) is 15.5 Å². The minimum absolute atomic E-state index is 0.394. The molecule has 0 radical (unpaired) electrons. The zero-order valence-electron chi connectivity index (χ0n) is 18.2. The summed E-state index contributed by atoms with van der Waals surface area (Å²) in [6, 6.07) is 11.1. The zero-order chi connectivity index (χ0) is 20.5. The summed E-state index contributed by atoms with van der Waals surface area (Å²) in [6.07, 6.45) is 1.95. The summed E-state index contributed by atoms with van der Waals surface area (Å²) >= 11 is 0. The number of nitrogens with one attached hydrogen (secondary N) is 2. The highest BCUT2D eigenvalue weighted by molar-refractivity contribution is 5.79. The molecule has 160 valence electrons. The van der Waals surface area contributed by atoms with E-state index in [1.807, 2.05) is 0 Å². The SMILES string of the molecule is CCNC(=NCC(Cc1ccccc1)N(CC)CC)NCCCOCCOC. The van der Waals surface area contributed by atoms with E-state index in [1.165, 1.54) is 5.56 Å². The smallest absolute Gasteiger partial charge is 0.191 e. The predicted molar refractivity (Wildman–Crippen MR) is 118 cm³/mol. The molecular weight excluding hydrogens is 352 g/mol. The van der Waals surface area contributed by atoms with Crippen LogP contribution in [0.4, 0.5) is 0 Å². The average molecular weight is 393 g/mol. The third kappa shape index (κ3) is 10.6. The second-order valence-corrected chi connectivity index (χ2v) is 6.67. The Kier molecular flexibility index (Phi) is 14.2. The first-order valence-corrected chi connectivity index (χ1v) is 10.6. The molecule has 1 rings (SSSR count). The topological polar surface area (TPSA) is 58.1 Å². The van der Waals surface area contributed by atoms with Gasteiger partial charge in [-0.1, -0.05) is 44.2 Å². The minimum Gasteiger partial charge on any atom is -0.382 e. The second-order valence-electron chi connectivity index (χ2n) is 6.67. The Morgan fingerprint density at radius 3 is 2.43 bits per heavy atom. The van der Waals surface area contributed by atoms with Crippen LogP contribution in [0.2, 0.25) is 0 Å². The van der Waals surface area contributed by atoms with Crippen molar-refractivity contribution in [1.29, 1.82) is 0 Å². The summed E-state index contributed by atoms with van der Waals surface area (Å²) in [5.41, 5.74) is 1.36. The molecule has 28 heavy (non-hydrogen) atoms. The molecule has 0 saturated carbocycles. The Morgan fingerprint density at radius 2 is 1.79 bits per heavy atom. The number of aliphatic imine (C=N–C) groups is 1. The molecule has 6 nitrogen and oxygen atoms in total. The zero-order valence-corrected chi connectivity index (χ0v) is 18.2. The van der Waals surface area contributed by atoms with E-state index in [9.17, 15) is 0 Å². The van der Waals surface area contributed by atoms with E-state index in [2.05, 4.69) is 66.6 Å². The highest BCUT2D eigenvalue weighted by Gasteiger charge is 2.16. The van der Waals surface area contributed by atoms with Crippen molar-refractivity contribution in [3.63, 3.8) is 0 Å². The third-order valence-corrected chi connectivity index (χ3v) is 4.64. The fraction of sp³-hybridized carbons (Fsp3) is 0.682. The van der Waals surface area contributed by atoms with Gasteiger partial charge in [-0.3, -0.25) is 9.89 Å². The summed E-state index contributed by atoms with van der Waals surface area (Å²) in [4.78, 5) is 7.36. The molecule has 1 aromatic carbocycles. The van der Waals surface area contributed by atoms with Crippen LogP contribution in [0, 0.1) is 0 Å². The molecule has 1 atom stereocenters. The Balaban J connectivity index is 2.57. The molecule has 0 aliphatic carbocycles. The third-order valence-electron chi connectivity index (χ3n) is 4.64. The van der Waals surface area contributed by atoms with E-state index < -0.39 is 0 Å². The summed E-state index contributed by atoms with van der Waals surface area (Å²) in [6.45, 7) is 13.1.